The number of hydrogen-bond donors (Lipinski definition) is 2. The molecule has 0 fully saturated rings. The summed E-state index contributed by atoms with van der Waals surface area (Å²) in [6, 6.07) is 1.24. The molecule has 0 amide bonds. The number of nitrogens with zero attached hydrogens (tertiary/aromatic N) is 2. The van der Waals surface area contributed by atoms with Gasteiger partial charge in [-0.3, -0.25) is 10.1 Å². The molecule has 6 nitrogen and oxygen atoms in total. The first-order valence-corrected chi connectivity index (χ1v) is 6.85. The van der Waals surface area contributed by atoms with Gasteiger partial charge in [-0.1, -0.05) is 25.4 Å². The van der Waals surface area contributed by atoms with Gasteiger partial charge in [0.1, 0.15) is 12.0 Å². The topological polar surface area (TPSA) is 88.3 Å². The largest absolute Gasteiger partial charge is 0.388 e. The van der Waals surface area contributed by atoms with Gasteiger partial charge in [0.15, 0.2) is 0 Å². The Labute approximate surface area is 123 Å². The number of halogens is 1. The van der Waals surface area contributed by atoms with E-state index in [0.717, 1.165) is 12.6 Å². The molecule has 0 spiro atoms. The maximum atomic E-state index is 10.6. The molecule has 1 aromatic rings. The molecule has 0 saturated heterocycles. The molecule has 7 heteroatoms. The first kappa shape index (κ1) is 16.7. The highest BCUT2D eigenvalue weighted by Gasteiger charge is 2.21. The van der Waals surface area contributed by atoms with Crippen molar-refractivity contribution in [2.24, 2.45) is 5.92 Å². The van der Waals surface area contributed by atoms with Gasteiger partial charge in [0.25, 0.3) is 5.69 Å². The number of rotatable bonds is 7. The van der Waals surface area contributed by atoms with Crippen molar-refractivity contribution in [1.82, 2.24) is 4.98 Å². The Balaban J connectivity index is 2.63. The Morgan fingerprint density at radius 1 is 1.60 bits per heavy atom. The van der Waals surface area contributed by atoms with E-state index in [9.17, 15) is 15.2 Å². The fraction of sp³-hybridized carbons (Fsp3) is 0.615. The molecule has 0 saturated carbocycles. The fourth-order valence-corrected chi connectivity index (χ4v) is 1.85. The van der Waals surface area contributed by atoms with Gasteiger partial charge in [0.05, 0.1) is 15.5 Å². The number of nitro groups is 1. The van der Waals surface area contributed by atoms with Crippen molar-refractivity contribution in [2.45, 2.75) is 39.2 Å². The summed E-state index contributed by atoms with van der Waals surface area (Å²) in [6.45, 7) is 6.21. The number of hydrogen-bond acceptors (Lipinski definition) is 5. The summed E-state index contributed by atoms with van der Waals surface area (Å²) in [7, 11) is 0. The lowest BCUT2D eigenvalue weighted by Crippen LogP contribution is -2.34. The standard InChI is InChI=1S/C13H20ClN3O3/c1-9(2)4-5-13(3,18)8-16-12-11(14)6-10(7-15-12)17(19)20/h6-7,9,18H,4-5,8H2,1-3H3,(H,15,16). The van der Waals surface area contributed by atoms with Crippen LogP contribution in [0.25, 0.3) is 0 Å². The Kier molecular flexibility index (Phi) is 5.71. The van der Waals surface area contributed by atoms with Crippen molar-refractivity contribution in [2.75, 3.05) is 11.9 Å². The van der Waals surface area contributed by atoms with Gasteiger partial charge in [-0.05, 0) is 25.7 Å². The van der Waals surface area contributed by atoms with Crippen molar-refractivity contribution in [3.8, 4) is 0 Å². The van der Waals surface area contributed by atoms with E-state index in [0.29, 0.717) is 18.2 Å². The van der Waals surface area contributed by atoms with Crippen LogP contribution in [0.2, 0.25) is 5.02 Å². The predicted molar refractivity (Wildman–Crippen MR) is 79.1 cm³/mol. The van der Waals surface area contributed by atoms with Crippen molar-refractivity contribution in [1.29, 1.82) is 0 Å². The highest BCUT2D eigenvalue weighted by molar-refractivity contribution is 6.33. The Morgan fingerprint density at radius 3 is 2.75 bits per heavy atom. The minimum Gasteiger partial charge on any atom is -0.388 e. The van der Waals surface area contributed by atoms with Crippen LogP contribution in [0.1, 0.15) is 33.6 Å². The normalized spacial score (nSPS) is 14.1. The van der Waals surface area contributed by atoms with Crippen molar-refractivity contribution >= 4 is 23.1 Å². The molecule has 1 aromatic heterocycles. The van der Waals surface area contributed by atoms with Crippen molar-refractivity contribution < 1.29 is 10.0 Å². The maximum Gasteiger partial charge on any atom is 0.289 e. The number of nitrogens with one attached hydrogen (secondary N) is 1. The third kappa shape index (κ3) is 5.30. The summed E-state index contributed by atoms with van der Waals surface area (Å²) in [5.74, 6) is 0.852. The molecule has 0 bridgehead atoms. The molecule has 1 unspecified atom stereocenters. The van der Waals surface area contributed by atoms with Crippen molar-refractivity contribution in [3.05, 3.63) is 27.4 Å². The molecular weight excluding hydrogens is 282 g/mol. The average molecular weight is 302 g/mol. The molecule has 0 aliphatic carbocycles. The van der Waals surface area contributed by atoms with Crippen LogP contribution in [0.4, 0.5) is 11.5 Å². The first-order valence-electron chi connectivity index (χ1n) is 6.47. The Bertz CT molecular complexity index is 478. The second-order valence-corrected chi connectivity index (χ2v) is 5.97. The number of aromatic nitrogens is 1. The zero-order valence-electron chi connectivity index (χ0n) is 11.9. The summed E-state index contributed by atoms with van der Waals surface area (Å²) in [5.41, 5.74) is -1.04. The van der Waals surface area contributed by atoms with E-state index < -0.39 is 10.5 Å². The van der Waals surface area contributed by atoms with Crippen LogP contribution in [0.5, 0.6) is 0 Å². The number of aliphatic hydroxyl groups is 1. The molecular formula is C13H20ClN3O3. The van der Waals surface area contributed by atoms with E-state index in [-0.39, 0.29) is 17.3 Å². The molecule has 0 aromatic carbocycles. The molecule has 0 aliphatic rings. The lowest BCUT2D eigenvalue weighted by Gasteiger charge is -2.25. The van der Waals surface area contributed by atoms with Gasteiger partial charge in [0.2, 0.25) is 0 Å². The summed E-state index contributed by atoms with van der Waals surface area (Å²) >= 11 is 5.92. The van der Waals surface area contributed by atoms with E-state index in [1.165, 1.54) is 6.07 Å². The monoisotopic (exact) mass is 301 g/mol. The van der Waals surface area contributed by atoms with Crippen LogP contribution in [-0.2, 0) is 0 Å². The molecule has 20 heavy (non-hydrogen) atoms. The van der Waals surface area contributed by atoms with E-state index in [1.54, 1.807) is 6.92 Å². The fourth-order valence-electron chi connectivity index (χ4n) is 1.62. The molecule has 0 aliphatic heterocycles. The summed E-state index contributed by atoms with van der Waals surface area (Å²) < 4.78 is 0. The minimum atomic E-state index is -0.878. The van der Waals surface area contributed by atoms with Gasteiger partial charge in [-0.2, -0.15) is 0 Å². The third-order valence-corrected chi connectivity index (χ3v) is 3.22. The van der Waals surface area contributed by atoms with Crippen LogP contribution in [-0.4, -0.2) is 27.2 Å². The van der Waals surface area contributed by atoms with Crippen LogP contribution >= 0.6 is 11.6 Å². The lowest BCUT2D eigenvalue weighted by molar-refractivity contribution is -0.385. The van der Waals surface area contributed by atoms with E-state index >= 15 is 0 Å². The maximum absolute atomic E-state index is 10.6. The van der Waals surface area contributed by atoms with Gasteiger partial charge in [-0.15, -0.1) is 0 Å². The SMILES string of the molecule is CC(C)CCC(C)(O)CNc1ncc([N+](=O)[O-])cc1Cl. The summed E-state index contributed by atoms with van der Waals surface area (Å²) in [6.07, 6.45) is 2.70. The zero-order chi connectivity index (χ0) is 15.3. The molecule has 1 rings (SSSR count). The number of anilines is 1. The van der Waals surface area contributed by atoms with Crippen LogP contribution in [0, 0.1) is 16.0 Å². The van der Waals surface area contributed by atoms with Crippen LogP contribution < -0.4 is 5.32 Å². The summed E-state index contributed by atoms with van der Waals surface area (Å²) in [4.78, 5) is 13.9. The summed E-state index contributed by atoms with van der Waals surface area (Å²) in [5, 5.41) is 23.9. The second-order valence-electron chi connectivity index (χ2n) is 5.56. The molecule has 2 N–H and O–H groups in total. The smallest absolute Gasteiger partial charge is 0.289 e. The second kappa shape index (κ2) is 6.85. The van der Waals surface area contributed by atoms with Gasteiger partial charge < -0.3 is 10.4 Å². The van der Waals surface area contributed by atoms with Gasteiger partial charge in [0, 0.05) is 12.6 Å². The quantitative estimate of drug-likeness (QED) is 0.596. The zero-order valence-corrected chi connectivity index (χ0v) is 12.6. The van der Waals surface area contributed by atoms with Crippen molar-refractivity contribution in [3.63, 3.8) is 0 Å². The molecule has 112 valence electrons. The average Bonchev–Trinajstić information content (AvgIpc) is 2.35. The predicted octanol–water partition coefficient (Wildman–Crippen LogP) is 3.24. The molecule has 1 heterocycles. The highest BCUT2D eigenvalue weighted by atomic mass is 35.5. The first-order chi connectivity index (χ1) is 9.21. The van der Waals surface area contributed by atoms with E-state index in [1.807, 2.05) is 0 Å². The highest BCUT2D eigenvalue weighted by Crippen LogP contribution is 2.25. The van der Waals surface area contributed by atoms with E-state index in [4.69, 9.17) is 11.6 Å². The Hall–Kier alpha value is -1.40. The van der Waals surface area contributed by atoms with Gasteiger partial charge in [-0.25, -0.2) is 4.98 Å². The lowest BCUT2D eigenvalue weighted by atomic mass is 9.95. The minimum absolute atomic E-state index is 0.160. The molecule has 0 radical (unpaired) electrons. The Morgan fingerprint density at radius 2 is 2.25 bits per heavy atom. The van der Waals surface area contributed by atoms with Crippen LogP contribution in [0.15, 0.2) is 12.3 Å². The number of pyridine rings is 1. The van der Waals surface area contributed by atoms with Crippen LogP contribution in [0.3, 0.4) is 0 Å². The third-order valence-electron chi connectivity index (χ3n) is 2.93. The van der Waals surface area contributed by atoms with E-state index in [2.05, 4.69) is 24.1 Å². The molecule has 1 atom stereocenters. The van der Waals surface area contributed by atoms with Gasteiger partial charge >= 0.3 is 0 Å².